The van der Waals surface area contributed by atoms with Crippen LogP contribution in [0.5, 0.6) is 0 Å². The topological polar surface area (TPSA) is 0 Å². The van der Waals surface area contributed by atoms with Crippen LogP contribution in [0.4, 0.5) is 0 Å². The van der Waals surface area contributed by atoms with Crippen molar-refractivity contribution >= 4 is 7.28 Å². The Balaban J connectivity index is 3.80. The lowest BCUT2D eigenvalue weighted by atomic mass is 9.64. The lowest BCUT2D eigenvalue weighted by Crippen LogP contribution is -2.10. The molecule has 0 nitrogen and oxygen atoms in total. The molecular formula is C15H32B. The zero-order chi connectivity index (χ0) is 12.6. The predicted octanol–water partition coefficient (Wildman–Crippen LogP) is 5.43. The minimum Gasteiger partial charge on any atom is -0.0917 e. The molecular weight excluding hydrogens is 191 g/mol. The maximum atomic E-state index is 2.44. The highest BCUT2D eigenvalue weighted by atomic mass is 14.2. The Bertz CT molecular complexity index is 152. The predicted molar refractivity (Wildman–Crippen MR) is 77.3 cm³/mol. The molecule has 0 saturated carbocycles. The molecule has 1 heteroatoms. The van der Waals surface area contributed by atoms with Gasteiger partial charge in [-0.3, -0.25) is 0 Å². The van der Waals surface area contributed by atoms with Gasteiger partial charge in [-0.15, -0.1) is 0 Å². The molecule has 0 aliphatic rings. The maximum Gasteiger partial charge on any atom is 0.109 e. The molecule has 0 bridgehead atoms. The van der Waals surface area contributed by atoms with Crippen LogP contribution in [0, 0.1) is 17.8 Å². The molecule has 0 aromatic carbocycles. The summed E-state index contributed by atoms with van der Waals surface area (Å²) in [6.45, 7) is 14.0. The molecule has 0 aromatic heterocycles. The summed E-state index contributed by atoms with van der Waals surface area (Å²) in [6, 6.07) is 0. The van der Waals surface area contributed by atoms with E-state index in [0.29, 0.717) is 0 Å². The highest BCUT2D eigenvalue weighted by Gasteiger charge is 2.14. The molecule has 0 aliphatic carbocycles. The van der Waals surface area contributed by atoms with E-state index < -0.39 is 0 Å². The normalized spacial score (nSPS) is 17.2. The van der Waals surface area contributed by atoms with Crippen LogP contribution in [-0.4, -0.2) is 7.28 Å². The van der Waals surface area contributed by atoms with E-state index in [0.717, 1.165) is 23.6 Å². The van der Waals surface area contributed by atoms with Crippen molar-refractivity contribution in [3.63, 3.8) is 0 Å². The highest BCUT2D eigenvalue weighted by Crippen LogP contribution is 2.27. The Hall–Kier alpha value is 0.0649. The number of rotatable bonds is 9. The first kappa shape index (κ1) is 16.1. The third kappa shape index (κ3) is 7.36. The summed E-state index contributed by atoms with van der Waals surface area (Å²) >= 11 is 0. The second-order valence-electron chi connectivity index (χ2n) is 5.91. The van der Waals surface area contributed by atoms with Crippen molar-refractivity contribution in [3.8, 4) is 0 Å². The largest absolute Gasteiger partial charge is 0.109 e. The fourth-order valence-corrected chi connectivity index (χ4v) is 2.84. The van der Waals surface area contributed by atoms with E-state index in [1.807, 2.05) is 0 Å². The Morgan fingerprint density at radius 2 is 1.31 bits per heavy atom. The van der Waals surface area contributed by atoms with Gasteiger partial charge in [0, 0.05) is 0 Å². The second-order valence-corrected chi connectivity index (χ2v) is 5.91. The average molecular weight is 223 g/mol. The van der Waals surface area contributed by atoms with E-state index >= 15 is 0 Å². The van der Waals surface area contributed by atoms with Gasteiger partial charge in [0.15, 0.2) is 0 Å². The lowest BCUT2D eigenvalue weighted by Gasteiger charge is -2.23. The van der Waals surface area contributed by atoms with Crippen molar-refractivity contribution in [2.75, 3.05) is 0 Å². The quantitative estimate of drug-likeness (QED) is 0.457. The Morgan fingerprint density at radius 1 is 0.812 bits per heavy atom. The van der Waals surface area contributed by atoms with Crippen molar-refractivity contribution in [1.82, 2.24) is 0 Å². The summed E-state index contributed by atoms with van der Waals surface area (Å²) < 4.78 is 0. The van der Waals surface area contributed by atoms with Crippen LogP contribution in [0.15, 0.2) is 0 Å². The van der Waals surface area contributed by atoms with Crippen molar-refractivity contribution < 1.29 is 0 Å². The van der Waals surface area contributed by atoms with Gasteiger partial charge in [0.05, 0.1) is 0 Å². The lowest BCUT2D eigenvalue weighted by molar-refractivity contribution is 0.311. The zero-order valence-electron chi connectivity index (χ0n) is 12.4. The molecule has 0 saturated heterocycles. The highest BCUT2D eigenvalue weighted by molar-refractivity contribution is 6.35. The van der Waals surface area contributed by atoms with Crippen molar-refractivity contribution in [1.29, 1.82) is 0 Å². The van der Waals surface area contributed by atoms with Gasteiger partial charge >= 0.3 is 0 Å². The minimum absolute atomic E-state index is 0.787. The first-order valence-electron chi connectivity index (χ1n) is 7.32. The summed E-state index contributed by atoms with van der Waals surface area (Å²) in [5.74, 6) is 3.53. The molecule has 16 heavy (non-hydrogen) atoms. The van der Waals surface area contributed by atoms with Crippen LogP contribution in [-0.2, 0) is 0 Å². The van der Waals surface area contributed by atoms with E-state index in [4.69, 9.17) is 0 Å². The van der Waals surface area contributed by atoms with Gasteiger partial charge in [-0.25, -0.2) is 0 Å². The first-order valence-corrected chi connectivity index (χ1v) is 7.32. The standard InChI is InChI=1S/C15H32B/c1-7-15(8-2)11-13(4)9-12(3)10-14(5)16-6/h12-15H,7-11H2,1-6H3. The molecule has 3 unspecified atom stereocenters. The third-order valence-corrected chi connectivity index (χ3v) is 4.04. The van der Waals surface area contributed by atoms with Crippen LogP contribution >= 0.6 is 0 Å². The van der Waals surface area contributed by atoms with Gasteiger partial charge in [-0.1, -0.05) is 66.5 Å². The van der Waals surface area contributed by atoms with Gasteiger partial charge in [0.1, 0.15) is 7.28 Å². The van der Waals surface area contributed by atoms with E-state index in [-0.39, 0.29) is 0 Å². The van der Waals surface area contributed by atoms with Crippen LogP contribution in [0.2, 0.25) is 12.6 Å². The van der Waals surface area contributed by atoms with Crippen molar-refractivity contribution in [2.45, 2.75) is 79.4 Å². The zero-order valence-corrected chi connectivity index (χ0v) is 12.4. The molecule has 0 aromatic rings. The monoisotopic (exact) mass is 223 g/mol. The van der Waals surface area contributed by atoms with Gasteiger partial charge in [0.2, 0.25) is 0 Å². The summed E-state index contributed by atoms with van der Waals surface area (Å²) in [6.07, 6.45) is 6.92. The fraction of sp³-hybridized carbons (Fsp3) is 1.00. The smallest absolute Gasteiger partial charge is 0.0917 e. The van der Waals surface area contributed by atoms with Gasteiger partial charge in [-0.05, 0) is 30.6 Å². The molecule has 0 rings (SSSR count). The van der Waals surface area contributed by atoms with Gasteiger partial charge in [-0.2, -0.15) is 0 Å². The summed E-state index contributed by atoms with van der Waals surface area (Å²) in [4.78, 5) is 0. The first-order chi connectivity index (χ1) is 7.53. The van der Waals surface area contributed by atoms with Crippen molar-refractivity contribution in [3.05, 3.63) is 0 Å². The molecule has 95 valence electrons. The number of hydrogen-bond acceptors (Lipinski definition) is 0. The third-order valence-electron chi connectivity index (χ3n) is 4.04. The van der Waals surface area contributed by atoms with Gasteiger partial charge in [0.25, 0.3) is 0 Å². The molecule has 0 amide bonds. The van der Waals surface area contributed by atoms with E-state index in [9.17, 15) is 0 Å². The molecule has 0 heterocycles. The van der Waals surface area contributed by atoms with Crippen LogP contribution in [0.3, 0.4) is 0 Å². The minimum atomic E-state index is 0.787. The summed E-state index contributed by atoms with van der Waals surface area (Å²) in [7, 11) is 2.34. The summed E-state index contributed by atoms with van der Waals surface area (Å²) in [5, 5.41) is 0. The molecule has 0 aliphatic heterocycles. The van der Waals surface area contributed by atoms with E-state index in [1.54, 1.807) is 0 Å². The average Bonchev–Trinajstić information content (AvgIpc) is 2.25. The second kappa shape index (κ2) is 9.13. The number of hydrogen-bond donors (Lipinski definition) is 0. The SMILES string of the molecule is C[B]C(C)CC(C)CC(C)CC(CC)CC. The molecule has 3 atom stereocenters. The summed E-state index contributed by atoms with van der Waals surface area (Å²) in [5.41, 5.74) is 0. The Morgan fingerprint density at radius 3 is 1.75 bits per heavy atom. The molecule has 0 fully saturated rings. The van der Waals surface area contributed by atoms with Crippen LogP contribution < -0.4 is 0 Å². The molecule has 1 radical (unpaired) electrons. The Labute approximate surface area is 105 Å². The maximum absolute atomic E-state index is 2.44. The molecule has 0 spiro atoms. The molecule has 0 N–H and O–H groups in total. The fourth-order valence-electron chi connectivity index (χ4n) is 2.84. The van der Waals surface area contributed by atoms with Gasteiger partial charge < -0.3 is 0 Å². The van der Waals surface area contributed by atoms with Crippen LogP contribution in [0.1, 0.15) is 66.7 Å². The van der Waals surface area contributed by atoms with Crippen molar-refractivity contribution in [2.24, 2.45) is 17.8 Å². The Kier molecular flexibility index (Phi) is 9.17. The van der Waals surface area contributed by atoms with E-state index in [2.05, 4.69) is 48.7 Å². The van der Waals surface area contributed by atoms with E-state index in [1.165, 1.54) is 32.1 Å². The van der Waals surface area contributed by atoms with Crippen LogP contribution in [0.25, 0.3) is 0 Å².